The molecule has 4 aromatic rings. The van der Waals surface area contributed by atoms with Gasteiger partial charge in [0.05, 0.1) is 5.69 Å². The number of fused-ring (bicyclic) bond motifs is 3. The van der Waals surface area contributed by atoms with E-state index in [1.54, 1.807) is 6.07 Å². The van der Waals surface area contributed by atoms with Gasteiger partial charge < -0.3 is 8.98 Å². The molecule has 156 valence electrons. The highest BCUT2D eigenvalue weighted by Gasteiger charge is 2.25. The number of benzene rings is 2. The zero-order valence-corrected chi connectivity index (χ0v) is 17.9. The van der Waals surface area contributed by atoms with Gasteiger partial charge in [0.15, 0.2) is 0 Å². The largest absolute Gasteiger partial charge is 0.455 e. The van der Waals surface area contributed by atoms with Crippen LogP contribution in [-0.2, 0) is 16.6 Å². The molecule has 2 heterocycles. The monoisotopic (exact) mass is 422 g/mol. The molecule has 0 atom stereocenters. The number of nitrogens with zero attached hydrogens (tertiary/aromatic N) is 1. The molecule has 1 aliphatic carbocycles. The highest BCUT2D eigenvalue weighted by molar-refractivity contribution is 7.89. The molecule has 30 heavy (non-hydrogen) atoms. The summed E-state index contributed by atoms with van der Waals surface area (Å²) in [7, 11) is -3.81. The van der Waals surface area contributed by atoms with Crippen molar-refractivity contribution in [3.63, 3.8) is 0 Å². The first-order valence-electron chi connectivity index (χ1n) is 10.6. The molecule has 1 fully saturated rings. The van der Waals surface area contributed by atoms with Crippen molar-refractivity contribution in [2.24, 2.45) is 11.1 Å². The molecule has 0 bridgehead atoms. The van der Waals surface area contributed by atoms with Crippen LogP contribution in [0.2, 0.25) is 0 Å². The van der Waals surface area contributed by atoms with E-state index < -0.39 is 10.0 Å². The summed E-state index contributed by atoms with van der Waals surface area (Å²) in [5, 5.41) is 7.65. The van der Waals surface area contributed by atoms with Gasteiger partial charge in [0.2, 0.25) is 10.0 Å². The van der Waals surface area contributed by atoms with Crippen molar-refractivity contribution < 1.29 is 12.8 Å². The summed E-state index contributed by atoms with van der Waals surface area (Å²) in [5.41, 5.74) is 4.06. The molecule has 5 nitrogen and oxygen atoms in total. The quantitative estimate of drug-likeness (QED) is 0.465. The van der Waals surface area contributed by atoms with Gasteiger partial charge in [0, 0.05) is 28.6 Å². The average Bonchev–Trinajstić information content (AvgIpc) is 3.27. The Labute approximate surface area is 176 Å². The van der Waals surface area contributed by atoms with E-state index in [2.05, 4.69) is 4.57 Å². The van der Waals surface area contributed by atoms with Crippen molar-refractivity contribution in [1.29, 1.82) is 0 Å². The SMILES string of the molecule is Cc1c(S(N)(=O)=O)cc(-c2cccc3c2oc2ccccc23)n1CC1CCCCC1. The number of hydrogen-bond acceptors (Lipinski definition) is 3. The predicted molar refractivity (Wildman–Crippen MR) is 120 cm³/mol. The summed E-state index contributed by atoms with van der Waals surface area (Å²) in [5.74, 6) is 0.548. The zero-order chi connectivity index (χ0) is 20.9. The number of furan rings is 1. The van der Waals surface area contributed by atoms with Crippen LogP contribution in [-0.4, -0.2) is 13.0 Å². The summed E-state index contributed by atoms with van der Waals surface area (Å²) < 4.78 is 32.9. The summed E-state index contributed by atoms with van der Waals surface area (Å²) in [6.07, 6.45) is 6.12. The van der Waals surface area contributed by atoms with E-state index in [-0.39, 0.29) is 4.90 Å². The fraction of sp³-hybridized carbons (Fsp3) is 0.333. The van der Waals surface area contributed by atoms with Crippen LogP contribution < -0.4 is 5.14 Å². The number of hydrogen-bond donors (Lipinski definition) is 1. The molecule has 0 unspecified atom stereocenters. The Hall–Kier alpha value is -2.57. The first-order valence-corrected chi connectivity index (χ1v) is 12.1. The van der Waals surface area contributed by atoms with E-state index in [1.165, 1.54) is 32.1 Å². The van der Waals surface area contributed by atoms with E-state index in [1.807, 2.05) is 49.4 Å². The Morgan fingerprint density at radius 3 is 2.53 bits per heavy atom. The number of sulfonamides is 1. The lowest BCUT2D eigenvalue weighted by atomic mass is 9.89. The van der Waals surface area contributed by atoms with Crippen LogP contribution in [0.15, 0.2) is 57.8 Å². The molecule has 2 aromatic heterocycles. The van der Waals surface area contributed by atoms with Gasteiger partial charge in [-0.15, -0.1) is 0 Å². The van der Waals surface area contributed by atoms with E-state index in [9.17, 15) is 8.42 Å². The maximum absolute atomic E-state index is 12.3. The summed E-state index contributed by atoms with van der Waals surface area (Å²) >= 11 is 0. The Bertz CT molecular complexity index is 1340. The smallest absolute Gasteiger partial charge is 0.239 e. The maximum atomic E-state index is 12.3. The van der Waals surface area contributed by atoms with Crippen LogP contribution in [0.25, 0.3) is 33.2 Å². The molecule has 0 radical (unpaired) electrons. The molecule has 0 amide bonds. The second kappa shape index (κ2) is 7.29. The topological polar surface area (TPSA) is 78.2 Å². The molecule has 1 aliphatic rings. The van der Waals surface area contributed by atoms with Gasteiger partial charge in [-0.3, -0.25) is 0 Å². The molecule has 2 N–H and O–H groups in total. The van der Waals surface area contributed by atoms with Crippen molar-refractivity contribution in [1.82, 2.24) is 4.57 Å². The third kappa shape index (κ3) is 3.24. The standard InChI is InChI=1S/C24H26N2O3S/c1-16-23(30(25,27)28)14-21(26(16)15-17-8-3-2-4-9-17)20-12-7-11-19-18-10-5-6-13-22(18)29-24(19)20/h5-7,10-14,17H,2-4,8-9,15H2,1H3,(H2,25,27,28). The Kier molecular flexibility index (Phi) is 4.71. The lowest BCUT2D eigenvalue weighted by Gasteiger charge is -2.24. The third-order valence-corrected chi connectivity index (χ3v) is 7.50. The van der Waals surface area contributed by atoms with Gasteiger partial charge >= 0.3 is 0 Å². The van der Waals surface area contributed by atoms with Crippen molar-refractivity contribution in [3.05, 3.63) is 54.2 Å². The summed E-state index contributed by atoms with van der Waals surface area (Å²) in [4.78, 5) is 0.196. The fourth-order valence-electron chi connectivity index (χ4n) is 4.94. The second-order valence-corrected chi connectivity index (χ2v) is 9.95. The van der Waals surface area contributed by atoms with Crippen LogP contribution in [0.5, 0.6) is 0 Å². The highest BCUT2D eigenvalue weighted by atomic mass is 32.2. The van der Waals surface area contributed by atoms with Crippen LogP contribution in [0, 0.1) is 12.8 Å². The van der Waals surface area contributed by atoms with Gasteiger partial charge in [-0.25, -0.2) is 13.6 Å². The maximum Gasteiger partial charge on any atom is 0.239 e. The van der Waals surface area contributed by atoms with Crippen molar-refractivity contribution in [2.75, 3.05) is 0 Å². The lowest BCUT2D eigenvalue weighted by molar-refractivity contribution is 0.318. The van der Waals surface area contributed by atoms with E-state index in [0.29, 0.717) is 11.6 Å². The molecular formula is C24H26N2O3S. The van der Waals surface area contributed by atoms with E-state index in [0.717, 1.165) is 39.7 Å². The molecule has 2 aromatic carbocycles. The van der Waals surface area contributed by atoms with Gasteiger partial charge in [-0.05, 0) is 43.9 Å². The van der Waals surface area contributed by atoms with Gasteiger partial charge in [0.1, 0.15) is 16.1 Å². The molecule has 0 aliphatic heterocycles. The molecule has 0 spiro atoms. The molecular weight excluding hydrogens is 396 g/mol. The van der Waals surface area contributed by atoms with Crippen molar-refractivity contribution >= 4 is 32.0 Å². The minimum Gasteiger partial charge on any atom is -0.455 e. The number of aromatic nitrogens is 1. The van der Waals surface area contributed by atoms with Crippen LogP contribution in [0.3, 0.4) is 0 Å². The minimum absolute atomic E-state index is 0.196. The number of rotatable bonds is 4. The lowest BCUT2D eigenvalue weighted by Crippen LogP contribution is -2.17. The van der Waals surface area contributed by atoms with Crippen molar-refractivity contribution in [3.8, 4) is 11.3 Å². The van der Waals surface area contributed by atoms with Gasteiger partial charge in [0.25, 0.3) is 0 Å². The number of primary sulfonamides is 1. The normalized spacial score (nSPS) is 15.9. The first kappa shape index (κ1) is 19.4. The second-order valence-electron chi connectivity index (χ2n) is 8.42. The van der Waals surface area contributed by atoms with Gasteiger partial charge in [-0.1, -0.05) is 49.6 Å². The predicted octanol–water partition coefficient (Wildman–Crippen LogP) is 5.59. The zero-order valence-electron chi connectivity index (χ0n) is 17.1. The Balaban J connectivity index is 1.73. The summed E-state index contributed by atoms with van der Waals surface area (Å²) in [6, 6.07) is 15.7. The van der Waals surface area contributed by atoms with Crippen LogP contribution in [0.1, 0.15) is 37.8 Å². The summed E-state index contributed by atoms with van der Waals surface area (Å²) in [6.45, 7) is 2.65. The van der Waals surface area contributed by atoms with Crippen molar-refractivity contribution in [2.45, 2.75) is 50.5 Å². The minimum atomic E-state index is -3.81. The van der Waals surface area contributed by atoms with E-state index >= 15 is 0 Å². The fourth-order valence-corrected chi connectivity index (χ4v) is 5.74. The Morgan fingerprint density at radius 2 is 1.77 bits per heavy atom. The molecule has 1 saturated carbocycles. The first-order chi connectivity index (χ1) is 14.4. The highest BCUT2D eigenvalue weighted by Crippen LogP contribution is 2.38. The number of nitrogens with two attached hydrogens (primary N) is 1. The number of para-hydroxylation sites is 2. The van der Waals surface area contributed by atoms with Gasteiger partial charge in [-0.2, -0.15) is 0 Å². The average molecular weight is 423 g/mol. The van der Waals surface area contributed by atoms with E-state index in [4.69, 9.17) is 9.56 Å². The molecule has 0 saturated heterocycles. The van der Waals surface area contributed by atoms with Crippen LogP contribution in [0.4, 0.5) is 0 Å². The third-order valence-electron chi connectivity index (χ3n) is 6.47. The molecule has 5 rings (SSSR count). The molecule has 6 heteroatoms. The van der Waals surface area contributed by atoms with Crippen LogP contribution >= 0.6 is 0 Å². The Morgan fingerprint density at radius 1 is 1.03 bits per heavy atom.